The minimum absolute atomic E-state index is 0.151. The molecule has 0 aliphatic rings. The molecule has 0 heterocycles. The highest BCUT2D eigenvalue weighted by atomic mass is 19.4. The molecule has 0 aromatic carbocycles. The third-order valence-electron chi connectivity index (χ3n) is 1.99. The summed E-state index contributed by atoms with van der Waals surface area (Å²) in [6.07, 6.45) is -4.53. The van der Waals surface area contributed by atoms with Crippen molar-refractivity contribution < 1.29 is 27.8 Å². The zero-order valence-electron chi connectivity index (χ0n) is 9.23. The van der Waals surface area contributed by atoms with Crippen molar-refractivity contribution in [3.63, 3.8) is 0 Å². The van der Waals surface area contributed by atoms with Crippen LogP contribution in [0.15, 0.2) is 11.3 Å². The first-order chi connectivity index (χ1) is 7.32. The summed E-state index contributed by atoms with van der Waals surface area (Å²) in [5.74, 6) is -2.23. The number of hydrogen-bond donors (Lipinski definition) is 1. The Balaban J connectivity index is 4.70. The lowest BCUT2D eigenvalue weighted by molar-refractivity contribution is -0.144. The van der Waals surface area contributed by atoms with Crippen LogP contribution in [0.5, 0.6) is 0 Å². The molecule has 0 aromatic rings. The molecule has 0 saturated heterocycles. The van der Waals surface area contributed by atoms with E-state index in [-0.39, 0.29) is 18.4 Å². The SMILES string of the molecule is CCC(CC)=C(OCCC(=O)O)C(F)(F)F. The van der Waals surface area contributed by atoms with Gasteiger partial charge in [-0.15, -0.1) is 0 Å². The molecule has 0 aliphatic heterocycles. The van der Waals surface area contributed by atoms with E-state index >= 15 is 0 Å². The van der Waals surface area contributed by atoms with Crippen LogP contribution in [-0.4, -0.2) is 23.9 Å². The van der Waals surface area contributed by atoms with Gasteiger partial charge >= 0.3 is 12.1 Å². The Bertz CT molecular complexity index is 263. The van der Waals surface area contributed by atoms with Gasteiger partial charge in [-0.05, 0) is 18.4 Å². The van der Waals surface area contributed by atoms with E-state index in [1.54, 1.807) is 13.8 Å². The smallest absolute Gasteiger partial charge is 0.448 e. The number of carboxylic acids is 1. The molecule has 6 heteroatoms. The molecule has 0 bridgehead atoms. The third-order valence-corrected chi connectivity index (χ3v) is 1.99. The molecule has 0 radical (unpaired) electrons. The number of carbonyl (C=O) groups is 1. The number of hydrogen-bond acceptors (Lipinski definition) is 2. The highest BCUT2D eigenvalue weighted by Gasteiger charge is 2.37. The summed E-state index contributed by atoms with van der Waals surface area (Å²) >= 11 is 0. The van der Waals surface area contributed by atoms with Crippen molar-refractivity contribution in [2.24, 2.45) is 0 Å². The van der Waals surface area contributed by atoms with Crippen molar-refractivity contribution in [2.45, 2.75) is 39.3 Å². The van der Waals surface area contributed by atoms with E-state index in [1.807, 2.05) is 0 Å². The lowest BCUT2D eigenvalue weighted by atomic mass is 10.1. The Morgan fingerprint density at radius 1 is 1.25 bits per heavy atom. The molecule has 0 aliphatic carbocycles. The second kappa shape index (κ2) is 6.40. The molecular weight excluding hydrogens is 225 g/mol. The van der Waals surface area contributed by atoms with Crippen LogP contribution in [0.25, 0.3) is 0 Å². The van der Waals surface area contributed by atoms with Crippen molar-refractivity contribution in [3.8, 4) is 0 Å². The number of allylic oxidation sites excluding steroid dienone is 2. The van der Waals surface area contributed by atoms with Gasteiger partial charge in [0.25, 0.3) is 0 Å². The van der Waals surface area contributed by atoms with Gasteiger partial charge in [-0.2, -0.15) is 13.2 Å². The van der Waals surface area contributed by atoms with Crippen molar-refractivity contribution >= 4 is 5.97 Å². The van der Waals surface area contributed by atoms with Crippen LogP contribution in [-0.2, 0) is 9.53 Å². The molecule has 0 amide bonds. The van der Waals surface area contributed by atoms with E-state index < -0.39 is 30.9 Å². The molecule has 1 N–H and O–H groups in total. The number of halogens is 3. The fourth-order valence-corrected chi connectivity index (χ4v) is 1.20. The summed E-state index contributed by atoms with van der Waals surface area (Å²) in [6, 6.07) is 0. The van der Waals surface area contributed by atoms with Gasteiger partial charge < -0.3 is 9.84 Å². The topological polar surface area (TPSA) is 46.5 Å². The monoisotopic (exact) mass is 240 g/mol. The van der Waals surface area contributed by atoms with Gasteiger partial charge in [0, 0.05) is 0 Å². The van der Waals surface area contributed by atoms with Crippen LogP contribution in [0.2, 0.25) is 0 Å². The van der Waals surface area contributed by atoms with Gasteiger partial charge in [-0.3, -0.25) is 4.79 Å². The Hall–Kier alpha value is -1.20. The van der Waals surface area contributed by atoms with Gasteiger partial charge in [0.1, 0.15) is 0 Å². The third kappa shape index (κ3) is 5.04. The molecule has 0 aromatic heterocycles. The first kappa shape index (κ1) is 14.8. The number of alkyl halides is 3. The predicted octanol–water partition coefficient (Wildman–Crippen LogP) is 3.11. The highest BCUT2D eigenvalue weighted by molar-refractivity contribution is 5.66. The molecule has 0 rings (SSSR count). The minimum atomic E-state index is -4.56. The molecule has 3 nitrogen and oxygen atoms in total. The van der Waals surface area contributed by atoms with E-state index in [4.69, 9.17) is 5.11 Å². The molecule has 0 saturated carbocycles. The Morgan fingerprint density at radius 2 is 1.75 bits per heavy atom. The van der Waals surface area contributed by atoms with Crippen molar-refractivity contribution in [2.75, 3.05) is 6.61 Å². The molecule has 0 spiro atoms. The highest BCUT2D eigenvalue weighted by Crippen LogP contribution is 2.31. The van der Waals surface area contributed by atoms with E-state index in [0.29, 0.717) is 0 Å². The maximum Gasteiger partial charge on any atom is 0.448 e. The summed E-state index contributed by atoms with van der Waals surface area (Å²) in [7, 11) is 0. The normalized spacial score (nSPS) is 11.1. The van der Waals surface area contributed by atoms with Crippen molar-refractivity contribution in [3.05, 3.63) is 11.3 Å². The van der Waals surface area contributed by atoms with Gasteiger partial charge in [-0.1, -0.05) is 13.8 Å². The number of carboxylic acid groups (broad SMARTS) is 1. The van der Waals surface area contributed by atoms with Crippen LogP contribution in [0.3, 0.4) is 0 Å². The second-order valence-electron chi connectivity index (χ2n) is 3.13. The lowest BCUT2D eigenvalue weighted by Crippen LogP contribution is -2.18. The standard InChI is InChI=1S/C10H15F3O3/c1-3-7(4-2)9(10(11,12)13)16-6-5-8(14)15/h3-6H2,1-2H3,(H,14,15). The minimum Gasteiger partial charge on any atom is -0.488 e. The van der Waals surface area contributed by atoms with Crippen LogP contribution in [0, 0.1) is 0 Å². The zero-order valence-corrected chi connectivity index (χ0v) is 9.23. The zero-order chi connectivity index (χ0) is 12.8. The van der Waals surface area contributed by atoms with Crippen LogP contribution < -0.4 is 0 Å². The van der Waals surface area contributed by atoms with Gasteiger partial charge in [0.05, 0.1) is 13.0 Å². The maximum atomic E-state index is 12.5. The molecule has 0 fully saturated rings. The van der Waals surface area contributed by atoms with Crippen LogP contribution in [0.4, 0.5) is 13.2 Å². The average Bonchev–Trinajstić information content (AvgIpc) is 2.15. The molecule has 16 heavy (non-hydrogen) atoms. The summed E-state index contributed by atoms with van der Waals surface area (Å²) in [5.41, 5.74) is 0.151. The fourth-order valence-electron chi connectivity index (χ4n) is 1.20. The average molecular weight is 240 g/mol. The molecule has 94 valence electrons. The first-order valence-corrected chi connectivity index (χ1v) is 4.96. The Labute approximate surface area is 91.9 Å². The van der Waals surface area contributed by atoms with E-state index in [1.165, 1.54) is 0 Å². The van der Waals surface area contributed by atoms with Gasteiger partial charge in [0.15, 0.2) is 5.76 Å². The molecule has 0 unspecified atom stereocenters. The number of ether oxygens (including phenoxy) is 1. The van der Waals surface area contributed by atoms with Crippen LogP contribution in [0.1, 0.15) is 33.1 Å². The van der Waals surface area contributed by atoms with Crippen LogP contribution >= 0.6 is 0 Å². The fraction of sp³-hybridized carbons (Fsp3) is 0.700. The van der Waals surface area contributed by atoms with E-state index in [2.05, 4.69) is 4.74 Å². The van der Waals surface area contributed by atoms with Crippen molar-refractivity contribution in [1.82, 2.24) is 0 Å². The first-order valence-electron chi connectivity index (χ1n) is 4.96. The Morgan fingerprint density at radius 3 is 2.06 bits per heavy atom. The summed E-state index contributed by atoms with van der Waals surface area (Å²) in [5, 5.41) is 8.30. The molecule has 0 atom stereocenters. The summed E-state index contributed by atoms with van der Waals surface area (Å²) in [4.78, 5) is 10.2. The van der Waals surface area contributed by atoms with E-state index in [9.17, 15) is 18.0 Å². The molecular formula is C10H15F3O3. The lowest BCUT2D eigenvalue weighted by Gasteiger charge is -2.16. The number of aliphatic carboxylic acids is 1. The summed E-state index contributed by atoms with van der Waals surface area (Å²) in [6.45, 7) is 2.74. The van der Waals surface area contributed by atoms with E-state index in [0.717, 1.165) is 0 Å². The van der Waals surface area contributed by atoms with Gasteiger partial charge in [0.2, 0.25) is 0 Å². The maximum absolute atomic E-state index is 12.5. The largest absolute Gasteiger partial charge is 0.488 e. The van der Waals surface area contributed by atoms with Gasteiger partial charge in [-0.25, -0.2) is 0 Å². The second-order valence-corrected chi connectivity index (χ2v) is 3.13. The predicted molar refractivity (Wildman–Crippen MR) is 51.9 cm³/mol. The van der Waals surface area contributed by atoms with Crippen molar-refractivity contribution in [1.29, 1.82) is 0 Å². The summed E-state index contributed by atoms with van der Waals surface area (Å²) < 4.78 is 42.2. The number of rotatable bonds is 6. The quantitative estimate of drug-likeness (QED) is 0.725. The Kier molecular flexibility index (Phi) is 5.92.